The van der Waals surface area contributed by atoms with Crippen LogP contribution in [0.25, 0.3) is 0 Å². The van der Waals surface area contributed by atoms with E-state index >= 15 is 0 Å². The van der Waals surface area contributed by atoms with Gasteiger partial charge in [-0.2, -0.15) is 0 Å². The molecule has 1 saturated heterocycles. The van der Waals surface area contributed by atoms with Gasteiger partial charge in [0, 0.05) is 12.7 Å². The molecular weight excluding hydrogens is 304 g/mol. The van der Waals surface area contributed by atoms with Gasteiger partial charge in [-0.25, -0.2) is 9.78 Å². The molecule has 3 rings (SSSR count). The Bertz CT molecular complexity index is 688. The fourth-order valence-corrected chi connectivity index (χ4v) is 2.94. The van der Waals surface area contributed by atoms with E-state index in [1.54, 1.807) is 19.2 Å². The van der Waals surface area contributed by atoms with Gasteiger partial charge in [0.15, 0.2) is 0 Å². The summed E-state index contributed by atoms with van der Waals surface area (Å²) in [4.78, 5) is 18.3. The lowest BCUT2D eigenvalue weighted by atomic mass is 9.94. The van der Waals surface area contributed by atoms with E-state index in [0.717, 1.165) is 17.9 Å². The highest BCUT2D eigenvalue weighted by Gasteiger charge is 2.34. The lowest BCUT2D eigenvalue weighted by molar-refractivity contribution is -0.0468. The highest BCUT2D eigenvalue weighted by Crippen LogP contribution is 2.31. The Kier molecular flexibility index (Phi) is 4.81. The predicted octanol–water partition coefficient (Wildman–Crippen LogP) is 3.01. The van der Waals surface area contributed by atoms with E-state index < -0.39 is 0 Å². The Morgan fingerprint density at radius 2 is 2.08 bits per heavy atom. The summed E-state index contributed by atoms with van der Waals surface area (Å²) in [5, 5.41) is 0. The van der Waals surface area contributed by atoms with Gasteiger partial charge in [-0.1, -0.05) is 30.3 Å². The summed E-state index contributed by atoms with van der Waals surface area (Å²) in [6.07, 6.45) is 1.57. The van der Waals surface area contributed by atoms with E-state index in [1.807, 2.05) is 24.3 Å². The Labute approximate surface area is 142 Å². The molecule has 0 aliphatic carbocycles. The number of anilines is 1. The molecule has 1 aliphatic rings. The van der Waals surface area contributed by atoms with Crippen molar-refractivity contribution in [3.63, 3.8) is 0 Å². The van der Waals surface area contributed by atoms with Crippen molar-refractivity contribution in [2.45, 2.75) is 19.4 Å². The number of hydrogen-bond acceptors (Lipinski definition) is 5. The number of pyridine rings is 1. The van der Waals surface area contributed by atoms with Crippen LogP contribution in [0.1, 0.15) is 29.8 Å². The summed E-state index contributed by atoms with van der Waals surface area (Å²) in [6.45, 7) is 6.36. The zero-order valence-electron chi connectivity index (χ0n) is 14.1. The molecule has 5 heteroatoms. The fourth-order valence-electron chi connectivity index (χ4n) is 2.94. The number of carbonyl (C=O) groups is 1. The number of ether oxygens (including phenoxy) is 2. The number of carbonyl (C=O) groups excluding carboxylic acids is 1. The summed E-state index contributed by atoms with van der Waals surface area (Å²) < 4.78 is 11.0. The molecule has 0 amide bonds. The first kappa shape index (κ1) is 16.5. The highest BCUT2D eigenvalue weighted by atomic mass is 16.5. The van der Waals surface area contributed by atoms with E-state index in [-0.39, 0.29) is 11.6 Å². The second kappa shape index (κ2) is 7.01. The van der Waals surface area contributed by atoms with Crippen molar-refractivity contribution in [3.8, 4) is 0 Å². The highest BCUT2D eigenvalue weighted by molar-refractivity contribution is 5.89. The molecule has 1 unspecified atom stereocenters. The smallest absolute Gasteiger partial charge is 0.339 e. The quantitative estimate of drug-likeness (QED) is 0.809. The summed E-state index contributed by atoms with van der Waals surface area (Å²) in [7, 11) is 0. The van der Waals surface area contributed by atoms with E-state index in [0.29, 0.717) is 25.3 Å². The summed E-state index contributed by atoms with van der Waals surface area (Å²) in [5.74, 6) is 0.501. The van der Waals surface area contributed by atoms with Gasteiger partial charge in [-0.15, -0.1) is 0 Å². The van der Waals surface area contributed by atoms with Crippen molar-refractivity contribution in [1.29, 1.82) is 0 Å². The van der Waals surface area contributed by atoms with E-state index in [2.05, 4.69) is 28.9 Å². The molecular formula is C19H22N2O3. The van der Waals surface area contributed by atoms with E-state index in [4.69, 9.17) is 9.47 Å². The number of aromatic nitrogens is 1. The average molecular weight is 326 g/mol. The third kappa shape index (κ3) is 3.41. The maximum absolute atomic E-state index is 11.7. The van der Waals surface area contributed by atoms with Crippen LogP contribution in [0.3, 0.4) is 0 Å². The van der Waals surface area contributed by atoms with Crippen LogP contribution < -0.4 is 4.90 Å². The second-order valence-electron chi connectivity index (χ2n) is 5.99. The zero-order valence-corrected chi connectivity index (χ0v) is 14.1. The van der Waals surface area contributed by atoms with E-state index in [1.165, 1.54) is 0 Å². The van der Waals surface area contributed by atoms with Crippen molar-refractivity contribution in [1.82, 2.24) is 4.98 Å². The number of morpholine rings is 1. The summed E-state index contributed by atoms with van der Waals surface area (Å²) in [6, 6.07) is 13.8. The molecule has 1 aromatic heterocycles. The van der Waals surface area contributed by atoms with Gasteiger partial charge in [-0.05, 0) is 31.5 Å². The van der Waals surface area contributed by atoms with Gasteiger partial charge in [0.05, 0.1) is 25.3 Å². The molecule has 2 aromatic rings. The monoisotopic (exact) mass is 326 g/mol. The first-order valence-electron chi connectivity index (χ1n) is 8.20. The Morgan fingerprint density at radius 3 is 2.75 bits per heavy atom. The van der Waals surface area contributed by atoms with Crippen LogP contribution >= 0.6 is 0 Å². The van der Waals surface area contributed by atoms with Crippen molar-refractivity contribution in [3.05, 3.63) is 59.8 Å². The number of nitrogens with zero attached hydrogens (tertiary/aromatic N) is 2. The Hall–Kier alpha value is -2.40. The van der Waals surface area contributed by atoms with Gasteiger partial charge in [-0.3, -0.25) is 0 Å². The molecule has 0 radical (unpaired) electrons. The Morgan fingerprint density at radius 1 is 1.29 bits per heavy atom. The number of esters is 1. The minimum absolute atomic E-state index is 0.340. The van der Waals surface area contributed by atoms with Gasteiger partial charge < -0.3 is 14.4 Å². The molecule has 0 bridgehead atoms. The average Bonchev–Trinajstić information content (AvgIpc) is 2.63. The van der Waals surface area contributed by atoms with Gasteiger partial charge in [0.2, 0.25) is 0 Å². The number of benzene rings is 1. The first-order valence-corrected chi connectivity index (χ1v) is 8.20. The van der Waals surface area contributed by atoms with Crippen LogP contribution in [0.2, 0.25) is 0 Å². The molecule has 1 aromatic carbocycles. The van der Waals surface area contributed by atoms with Gasteiger partial charge in [0.25, 0.3) is 0 Å². The van der Waals surface area contributed by atoms with Gasteiger partial charge >= 0.3 is 5.97 Å². The largest absolute Gasteiger partial charge is 0.462 e. The van der Waals surface area contributed by atoms with Crippen LogP contribution in [0, 0.1) is 0 Å². The summed E-state index contributed by atoms with van der Waals surface area (Å²) in [5.41, 5.74) is 1.25. The lowest BCUT2D eigenvalue weighted by Crippen LogP contribution is -2.48. The summed E-state index contributed by atoms with van der Waals surface area (Å²) >= 11 is 0. The van der Waals surface area contributed by atoms with Crippen molar-refractivity contribution >= 4 is 11.8 Å². The fraction of sp³-hybridized carbons (Fsp3) is 0.368. The standard InChI is InChI=1S/C19H22N2O3/c1-3-23-18(22)15-9-10-17(20-13-15)21-11-12-24-19(2,14-21)16-7-5-4-6-8-16/h4-10,13H,3,11-12,14H2,1-2H3. The normalized spacial score (nSPS) is 20.7. The number of rotatable bonds is 4. The molecule has 126 valence electrons. The molecule has 0 saturated carbocycles. The van der Waals surface area contributed by atoms with Crippen LogP contribution in [0.5, 0.6) is 0 Å². The van der Waals surface area contributed by atoms with Crippen LogP contribution in [0.15, 0.2) is 48.7 Å². The lowest BCUT2D eigenvalue weighted by Gasteiger charge is -2.41. The van der Waals surface area contributed by atoms with E-state index in [9.17, 15) is 4.79 Å². The van der Waals surface area contributed by atoms with Crippen molar-refractivity contribution in [2.75, 3.05) is 31.2 Å². The molecule has 2 heterocycles. The molecule has 1 fully saturated rings. The van der Waals surface area contributed by atoms with Crippen molar-refractivity contribution in [2.24, 2.45) is 0 Å². The van der Waals surface area contributed by atoms with Crippen LogP contribution in [0.4, 0.5) is 5.82 Å². The number of hydrogen-bond donors (Lipinski definition) is 0. The van der Waals surface area contributed by atoms with Gasteiger partial charge in [0.1, 0.15) is 11.4 Å². The third-order valence-corrected chi connectivity index (χ3v) is 4.24. The molecule has 0 N–H and O–H groups in total. The molecule has 24 heavy (non-hydrogen) atoms. The first-order chi connectivity index (χ1) is 11.6. The molecule has 1 atom stereocenters. The topological polar surface area (TPSA) is 51.7 Å². The van der Waals surface area contributed by atoms with Crippen molar-refractivity contribution < 1.29 is 14.3 Å². The molecule has 1 aliphatic heterocycles. The third-order valence-electron chi connectivity index (χ3n) is 4.24. The molecule has 0 spiro atoms. The minimum atomic E-state index is -0.374. The molecule has 5 nitrogen and oxygen atoms in total. The SMILES string of the molecule is CCOC(=O)c1ccc(N2CCOC(C)(c3ccccc3)C2)nc1. The Balaban J connectivity index is 1.76. The van der Waals surface area contributed by atoms with Crippen LogP contribution in [-0.2, 0) is 15.1 Å². The predicted molar refractivity (Wildman–Crippen MR) is 92.2 cm³/mol. The maximum atomic E-state index is 11.7. The van der Waals surface area contributed by atoms with Crippen LogP contribution in [-0.4, -0.2) is 37.3 Å². The minimum Gasteiger partial charge on any atom is -0.462 e. The zero-order chi connectivity index (χ0) is 17.0. The maximum Gasteiger partial charge on any atom is 0.339 e. The second-order valence-corrected chi connectivity index (χ2v) is 5.99.